The van der Waals surface area contributed by atoms with Crippen LogP contribution in [0.3, 0.4) is 0 Å². The van der Waals surface area contributed by atoms with Gasteiger partial charge in [-0.15, -0.1) is 0 Å². The fraction of sp³-hybridized carbons (Fsp3) is 0.240. The van der Waals surface area contributed by atoms with Crippen molar-refractivity contribution >= 4 is 16.9 Å². The Morgan fingerprint density at radius 3 is 2.48 bits per heavy atom. The zero-order valence-electron chi connectivity index (χ0n) is 17.1. The molecule has 2 aliphatic rings. The van der Waals surface area contributed by atoms with Crippen molar-refractivity contribution in [1.82, 2.24) is 0 Å². The van der Waals surface area contributed by atoms with E-state index in [9.17, 15) is 13.6 Å². The van der Waals surface area contributed by atoms with Crippen molar-refractivity contribution in [3.63, 3.8) is 0 Å². The summed E-state index contributed by atoms with van der Waals surface area (Å²) in [4.78, 5) is 13.8. The third kappa shape index (κ3) is 3.56. The Morgan fingerprint density at radius 2 is 1.77 bits per heavy atom. The molecule has 1 atom stereocenters. The third-order valence-electron chi connectivity index (χ3n) is 6.37. The minimum atomic E-state index is -1.99. The second-order valence-electron chi connectivity index (χ2n) is 8.11. The molecule has 0 aromatic heterocycles. The maximum atomic E-state index is 13.4. The normalized spacial score (nSPS) is 16.7. The highest BCUT2D eigenvalue weighted by atomic mass is 32.2. The number of hydrogen-bond donors (Lipinski definition) is 1. The zero-order valence-corrected chi connectivity index (χ0v) is 17.9. The summed E-state index contributed by atoms with van der Waals surface area (Å²) in [5, 5.41) is 0. The highest BCUT2D eigenvalue weighted by Gasteiger charge is 2.50. The van der Waals surface area contributed by atoms with Crippen LogP contribution in [0.5, 0.6) is 11.5 Å². The molecule has 3 aromatic rings. The lowest BCUT2D eigenvalue weighted by Crippen LogP contribution is -2.23. The van der Waals surface area contributed by atoms with Crippen molar-refractivity contribution in [3.8, 4) is 22.6 Å². The van der Waals surface area contributed by atoms with Gasteiger partial charge in [-0.3, -0.25) is 4.79 Å². The van der Waals surface area contributed by atoms with Crippen LogP contribution in [0, 0.1) is 6.92 Å². The highest BCUT2D eigenvalue weighted by Crippen LogP contribution is 2.51. The van der Waals surface area contributed by atoms with E-state index in [-0.39, 0.29) is 12.6 Å². The molecule has 1 heterocycles. The van der Waals surface area contributed by atoms with Gasteiger partial charge in [0.15, 0.2) is 22.6 Å². The van der Waals surface area contributed by atoms with Crippen LogP contribution in [0.15, 0.2) is 65.6 Å². The Kier molecular flexibility index (Phi) is 4.91. The summed E-state index contributed by atoms with van der Waals surface area (Å²) < 4.78 is 31.4. The first-order chi connectivity index (χ1) is 15.0. The Bertz CT molecular complexity index is 1200. The molecule has 1 aliphatic heterocycles. The molecule has 0 spiro atoms. The first kappa shape index (κ1) is 20.0. The molecule has 1 unspecified atom stereocenters. The average Bonchev–Trinajstić information content (AvgIpc) is 3.46. The van der Waals surface area contributed by atoms with Crippen LogP contribution in [-0.4, -0.2) is 21.3 Å². The molecule has 1 aliphatic carbocycles. The van der Waals surface area contributed by atoms with Gasteiger partial charge in [0, 0.05) is 6.42 Å². The second-order valence-corrected chi connectivity index (χ2v) is 9.08. The molecular weight excluding hydrogens is 412 g/mol. The molecule has 0 radical (unpaired) electrons. The van der Waals surface area contributed by atoms with Gasteiger partial charge in [0.05, 0.1) is 10.3 Å². The van der Waals surface area contributed by atoms with Crippen LogP contribution in [-0.2, 0) is 27.7 Å². The lowest BCUT2D eigenvalue weighted by Gasteiger charge is -2.17. The van der Waals surface area contributed by atoms with Gasteiger partial charge in [-0.1, -0.05) is 36.4 Å². The Morgan fingerprint density at radius 1 is 1.03 bits per heavy atom. The largest absolute Gasteiger partial charge is 0.454 e. The fourth-order valence-corrected chi connectivity index (χ4v) is 4.70. The standard InChI is InChI=1S/C25H22O5S/c1-16-18(3-2-4-21(16)17-5-8-20(9-6-17)31(27)28)13-24(26)25(11-12-25)19-7-10-22-23(14-19)30-15-29-22/h2-10,14H,11-13,15H2,1H3,(H,27,28). The summed E-state index contributed by atoms with van der Waals surface area (Å²) >= 11 is -1.99. The number of ether oxygens (including phenoxy) is 2. The topological polar surface area (TPSA) is 72.8 Å². The van der Waals surface area contributed by atoms with E-state index < -0.39 is 16.5 Å². The van der Waals surface area contributed by atoms with Gasteiger partial charge >= 0.3 is 0 Å². The van der Waals surface area contributed by atoms with Gasteiger partial charge in [-0.05, 0) is 71.8 Å². The molecule has 0 amide bonds. The Balaban J connectivity index is 1.41. The van der Waals surface area contributed by atoms with Gasteiger partial charge in [0.2, 0.25) is 6.79 Å². The molecule has 6 heteroatoms. The van der Waals surface area contributed by atoms with E-state index in [0.717, 1.165) is 46.4 Å². The number of carbonyl (C=O) groups is 1. The molecule has 1 fully saturated rings. The predicted octanol–water partition coefficient (Wildman–Crippen LogP) is 4.81. The van der Waals surface area contributed by atoms with Crippen LogP contribution in [0.1, 0.15) is 29.5 Å². The van der Waals surface area contributed by atoms with Gasteiger partial charge in [-0.25, -0.2) is 4.21 Å². The van der Waals surface area contributed by atoms with Crippen molar-refractivity contribution in [1.29, 1.82) is 0 Å². The number of ketones is 1. The Hall–Kier alpha value is -2.96. The van der Waals surface area contributed by atoms with Crippen molar-refractivity contribution in [2.45, 2.75) is 36.5 Å². The summed E-state index contributed by atoms with van der Waals surface area (Å²) in [5.74, 6) is 1.66. The zero-order chi connectivity index (χ0) is 21.6. The summed E-state index contributed by atoms with van der Waals surface area (Å²) in [7, 11) is 0. The number of benzene rings is 3. The van der Waals surface area contributed by atoms with E-state index >= 15 is 0 Å². The van der Waals surface area contributed by atoms with Crippen molar-refractivity contribution in [3.05, 3.63) is 77.4 Å². The Labute approximate surface area is 183 Å². The minimum absolute atomic E-state index is 0.220. The van der Waals surface area contributed by atoms with E-state index in [1.54, 1.807) is 12.1 Å². The fourth-order valence-electron chi connectivity index (χ4n) is 4.33. The first-order valence-corrected chi connectivity index (χ1v) is 11.3. The smallest absolute Gasteiger partial charge is 0.231 e. The monoisotopic (exact) mass is 434 g/mol. The molecule has 5 rings (SSSR count). The van der Waals surface area contributed by atoms with E-state index in [4.69, 9.17) is 9.47 Å². The number of Topliss-reactive ketones (excluding diaryl/α,β-unsaturated/α-hetero) is 1. The lowest BCUT2D eigenvalue weighted by atomic mass is 9.86. The quantitative estimate of drug-likeness (QED) is 0.564. The molecule has 0 bridgehead atoms. The van der Waals surface area contributed by atoms with Crippen LogP contribution in [0.2, 0.25) is 0 Å². The maximum absolute atomic E-state index is 13.4. The minimum Gasteiger partial charge on any atom is -0.454 e. The molecule has 5 nitrogen and oxygen atoms in total. The van der Waals surface area contributed by atoms with Crippen molar-refractivity contribution in [2.24, 2.45) is 0 Å². The van der Waals surface area contributed by atoms with E-state index in [0.29, 0.717) is 17.1 Å². The molecule has 3 aromatic carbocycles. The average molecular weight is 435 g/mol. The molecular formula is C25H22O5S. The van der Waals surface area contributed by atoms with Crippen LogP contribution < -0.4 is 9.47 Å². The number of carbonyl (C=O) groups excluding carboxylic acids is 1. The van der Waals surface area contributed by atoms with Gasteiger partial charge in [0.1, 0.15) is 5.78 Å². The maximum Gasteiger partial charge on any atom is 0.231 e. The molecule has 1 saturated carbocycles. The summed E-state index contributed by atoms with van der Waals surface area (Å²) in [6.07, 6.45) is 2.07. The van der Waals surface area contributed by atoms with Gasteiger partial charge in [0.25, 0.3) is 0 Å². The third-order valence-corrected chi connectivity index (χ3v) is 7.05. The van der Waals surface area contributed by atoms with Crippen molar-refractivity contribution in [2.75, 3.05) is 6.79 Å². The van der Waals surface area contributed by atoms with E-state index in [2.05, 4.69) is 0 Å². The second kappa shape index (κ2) is 7.62. The SMILES string of the molecule is Cc1c(CC(=O)C2(c3ccc4c(c3)OCO4)CC2)cccc1-c1ccc(S(=O)O)cc1. The summed E-state index contributed by atoms with van der Waals surface area (Å²) in [6, 6.07) is 18.8. The van der Waals surface area contributed by atoms with E-state index in [1.165, 1.54) is 0 Å². The highest BCUT2D eigenvalue weighted by molar-refractivity contribution is 7.79. The van der Waals surface area contributed by atoms with E-state index in [1.807, 2.05) is 55.5 Å². The first-order valence-electron chi connectivity index (χ1n) is 10.2. The van der Waals surface area contributed by atoms with Crippen molar-refractivity contribution < 1.29 is 23.0 Å². The number of hydrogen-bond acceptors (Lipinski definition) is 4. The predicted molar refractivity (Wildman–Crippen MR) is 118 cm³/mol. The van der Waals surface area contributed by atoms with Crippen LogP contribution >= 0.6 is 0 Å². The molecule has 158 valence electrons. The number of rotatable bonds is 6. The van der Waals surface area contributed by atoms with Crippen LogP contribution in [0.25, 0.3) is 11.1 Å². The summed E-state index contributed by atoms with van der Waals surface area (Å²) in [5.41, 5.74) is 4.60. The summed E-state index contributed by atoms with van der Waals surface area (Å²) in [6.45, 7) is 2.25. The number of fused-ring (bicyclic) bond motifs is 1. The molecule has 0 saturated heterocycles. The molecule has 1 N–H and O–H groups in total. The molecule has 31 heavy (non-hydrogen) atoms. The van der Waals surface area contributed by atoms with Gasteiger partial charge in [-0.2, -0.15) is 0 Å². The lowest BCUT2D eigenvalue weighted by molar-refractivity contribution is -0.120. The van der Waals surface area contributed by atoms with Gasteiger partial charge < -0.3 is 14.0 Å². The van der Waals surface area contributed by atoms with Crippen LogP contribution in [0.4, 0.5) is 0 Å².